The lowest BCUT2D eigenvalue weighted by molar-refractivity contribution is -0.145. The van der Waals surface area contributed by atoms with Gasteiger partial charge in [0.05, 0.1) is 5.92 Å². The van der Waals surface area contributed by atoms with Gasteiger partial charge in [-0.1, -0.05) is 18.2 Å². The molecule has 96 valence electrons. The lowest BCUT2D eigenvalue weighted by Gasteiger charge is -2.36. The molecule has 5 nitrogen and oxygen atoms in total. The van der Waals surface area contributed by atoms with E-state index in [2.05, 4.69) is 5.32 Å². The van der Waals surface area contributed by atoms with Crippen LogP contribution >= 0.6 is 0 Å². The minimum atomic E-state index is -0.842. The second-order valence-corrected chi connectivity index (χ2v) is 4.64. The van der Waals surface area contributed by atoms with Crippen LogP contribution in [0.25, 0.3) is 0 Å². The van der Waals surface area contributed by atoms with E-state index in [4.69, 9.17) is 5.11 Å². The first-order valence-electron chi connectivity index (χ1n) is 5.84. The standard InChI is InChI=1S/C13H16N2O3/c1-8-4-3-5-9(2)11(8)14-13(18)15-6-10(7-15)12(16)17/h3-5,10H,6-7H2,1-2H3,(H,14,18)(H,16,17). The van der Waals surface area contributed by atoms with Crippen molar-refractivity contribution >= 4 is 17.7 Å². The van der Waals surface area contributed by atoms with Crippen molar-refractivity contribution in [3.8, 4) is 0 Å². The van der Waals surface area contributed by atoms with Crippen LogP contribution in [0.2, 0.25) is 0 Å². The Bertz CT molecular complexity index is 473. The zero-order valence-corrected chi connectivity index (χ0v) is 10.4. The van der Waals surface area contributed by atoms with Crippen molar-refractivity contribution in [2.45, 2.75) is 13.8 Å². The number of amides is 2. The smallest absolute Gasteiger partial charge is 0.321 e. The Balaban J connectivity index is 1.99. The number of carboxylic acid groups (broad SMARTS) is 1. The number of carbonyl (C=O) groups excluding carboxylic acids is 1. The van der Waals surface area contributed by atoms with E-state index >= 15 is 0 Å². The van der Waals surface area contributed by atoms with E-state index in [1.54, 1.807) is 0 Å². The number of rotatable bonds is 2. The molecule has 0 bridgehead atoms. The van der Waals surface area contributed by atoms with Crippen LogP contribution in [-0.2, 0) is 4.79 Å². The SMILES string of the molecule is Cc1cccc(C)c1NC(=O)N1CC(C(=O)O)C1. The monoisotopic (exact) mass is 248 g/mol. The van der Waals surface area contributed by atoms with E-state index in [1.807, 2.05) is 32.0 Å². The molecule has 1 aliphatic heterocycles. The third-order valence-electron chi connectivity index (χ3n) is 3.23. The second-order valence-electron chi connectivity index (χ2n) is 4.64. The van der Waals surface area contributed by atoms with Crippen LogP contribution in [0, 0.1) is 19.8 Å². The Morgan fingerprint density at radius 3 is 2.33 bits per heavy atom. The zero-order chi connectivity index (χ0) is 13.3. The molecular formula is C13H16N2O3. The average Bonchev–Trinajstić information content (AvgIpc) is 2.21. The molecule has 5 heteroatoms. The fourth-order valence-electron chi connectivity index (χ4n) is 2.00. The van der Waals surface area contributed by atoms with Crippen LogP contribution < -0.4 is 5.32 Å². The fourth-order valence-corrected chi connectivity index (χ4v) is 2.00. The van der Waals surface area contributed by atoms with Gasteiger partial charge in [0, 0.05) is 18.8 Å². The Hall–Kier alpha value is -2.04. The van der Waals surface area contributed by atoms with Crippen LogP contribution in [0.5, 0.6) is 0 Å². The van der Waals surface area contributed by atoms with E-state index < -0.39 is 11.9 Å². The van der Waals surface area contributed by atoms with Crippen LogP contribution in [-0.4, -0.2) is 35.1 Å². The van der Waals surface area contributed by atoms with Gasteiger partial charge >= 0.3 is 12.0 Å². The fraction of sp³-hybridized carbons (Fsp3) is 0.385. The number of urea groups is 1. The van der Waals surface area contributed by atoms with Gasteiger partial charge in [-0.2, -0.15) is 0 Å². The number of aryl methyl sites for hydroxylation is 2. The second kappa shape index (κ2) is 4.68. The van der Waals surface area contributed by atoms with Crippen molar-refractivity contribution in [1.29, 1.82) is 0 Å². The van der Waals surface area contributed by atoms with E-state index in [-0.39, 0.29) is 19.1 Å². The molecule has 2 N–H and O–H groups in total. The van der Waals surface area contributed by atoms with Crippen LogP contribution in [0.1, 0.15) is 11.1 Å². The molecule has 1 aromatic carbocycles. The highest BCUT2D eigenvalue weighted by atomic mass is 16.4. The summed E-state index contributed by atoms with van der Waals surface area (Å²) in [5.74, 6) is -1.26. The molecule has 18 heavy (non-hydrogen) atoms. The Kier molecular flexibility index (Phi) is 3.23. The third kappa shape index (κ3) is 2.30. The van der Waals surface area contributed by atoms with Gasteiger partial charge in [-0.25, -0.2) is 4.79 Å². The van der Waals surface area contributed by atoms with Gasteiger partial charge in [-0.3, -0.25) is 4.79 Å². The van der Waals surface area contributed by atoms with Crippen LogP contribution in [0.4, 0.5) is 10.5 Å². The van der Waals surface area contributed by atoms with Crippen LogP contribution in [0.3, 0.4) is 0 Å². The topological polar surface area (TPSA) is 69.6 Å². The van der Waals surface area contributed by atoms with Gasteiger partial charge in [-0.05, 0) is 25.0 Å². The molecule has 0 saturated carbocycles. The largest absolute Gasteiger partial charge is 0.481 e. The summed E-state index contributed by atoms with van der Waals surface area (Å²) in [6, 6.07) is 5.56. The van der Waals surface area contributed by atoms with Crippen molar-refractivity contribution in [1.82, 2.24) is 4.90 Å². The first-order valence-corrected chi connectivity index (χ1v) is 5.84. The summed E-state index contributed by atoms with van der Waals surface area (Å²) in [5.41, 5.74) is 2.80. The molecule has 0 unspecified atom stereocenters. The van der Waals surface area contributed by atoms with E-state index in [1.165, 1.54) is 4.90 Å². The summed E-state index contributed by atoms with van der Waals surface area (Å²) in [6.45, 7) is 4.43. The number of nitrogens with zero attached hydrogens (tertiary/aromatic N) is 1. The number of benzene rings is 1. The highest BCUT2D eigenvalue weighted by Gasteiger charge is 2.35. The third-order valence-corrected chi connectivity index (χ3v) is 3.23. The molecule has 1 fully saturated rings. The highest BCUT2D eigenvalue weighted by molar-refractivity contribution is 5.92. The van der Waals surface area contributed by atoms with E-state index in [0.717, 1.165) is 16.8 Å². The summed E-state index contributed by atoms with van der Waals surface area (Å²) in [5, 5.41) is 11.6. The van der Waals surface area contributed by atoms with Crippen molar-refractivity contribution in [2.24, 2.45) is 5.92 Å². The van der Waals surface area contributed by atoms with E-state index in [0.29, 0.717) is 0 Å². The van der Waals surface area contributed by atoms with Gasteiger partial charge < -0.3 is 15.3 Å². The molecule has 1 heterocycles. The summed E-state index contributed by atoms with van der Waals surface area (Å²) in [7, 11) is 0. The number of likely N-dealkylation sites (tertiary alicyclic amines) is 1. The predicted molar refractivity (Wildman–Crippen MR) is 67.6 cm³/mol. The van der Waals surface area contributed by atoms with Gasteiger partial charge in [0.25, 0.3) is 0 Å². The quantitative estimate of drug-likeness (QED) is 0.839. The summed E-state index contributed by atoms with van der Waals surface area (Å²) >= 11 is 0. The highest BCUT2D eigenvalue weighted by Crippen LogP contribution is 2.22. The van der Waals surface area contributed by atoms with Crippen molar-refractivity contribution in [3.63, 3.8) is 0 Å². The Morgan fingerprint density at radius 1 is 1.28 bits per heavy atom. The molecule has 1 saturated heterocycles. The number of nitrogens with one attached hydrogen (secondary N) is 1. The number of hydrogen-bond donors (Lipinski definition) is 2. The number of carbonyl (C=O) groups is 2. The molecule has 0 atom stereocenters. The number of hydrogen-bond acceptors (Lipinski definition) is 2. The maximum absolute atomic E-state index is 11.9. The molecule has 1 aromatic rings. The predicted octanol–water partition coefficient (Wildman–Crippen LogP) is 1.85. The molecule has 0 aromatic heterocycles. The molecule has 1 aliphatic rings. The molecular weight excluding hydrogens is 232 g/mol. The lowest BCUT2D eigenvalue weighted by Crippen LogP contribution is -2.54. The number of anilines is 1. The van der Waals surface area contributed by atoms with Gasteiger partial charge in [-0.15, -0.1) is 0 Å². The van der Waals surface area contributed by atoms with Gasteiger partial charge in [0.2, 0.25) is 0 Å². The molecule has 0 radical (unpaired) electrons. The maximum atomic E-state index is 11.9. The summed E-state index contributed by atoms with van der Waals surface area (Å²) < 4.78 is 0. The van der Waals surface area contributed by atoms with Crippen molar-refractivity contribution in [2.75, 3.05) is 18.4 Å². The lowest BCUT2D eigenvalue weighted by atomic mass is 10.0. The van der Waals surface area contributed by atoms with Gasteiger partial charge in [0.15, 0.2) is 0 Å². The van der Waals surface area contributed by atoms with Crippen molar-refractivity contribution in [3.05, 3.63) is 29.3 Å². The van der Waals surface area contributed by atoms with Crippen LogP contribution in [0.15, 0.2) is 18.2 Å². The zero-order valence-electron chi connectivity index (χ0n) is 10.4. The minimum Gasteiger partial charge on any atom is -0.481 e. The normalized spacial score (nSPS) is 15.1. The summed E-state index contributed by atoms with van der Waals surface area (Å²) in [6.07, 6.45) is 0. The number of aliphatic carboxylic acids is 1. The minimum absolute atomic E-state index is 0.232. The number of para-hydroxylation sites is 1. The Morgan fingerprint density at radius 2 is 1.83 bits per heavy atom. The summed E-state index contributed by atoms with van der Waals surface area (Å²) in [4.78, 5) is 24.1. The first-order chi connectivity index (χ1) is 8.49. The molecule has 0 spiro atoms. The van der Waals surface area contributed by atoms with Gasteiger partial charge in [0.1, 0.15) is 0 Å². The van der Waals surface area contributed by atoms with E-state index in [9.17, 15) is 9.59 Å². The number of carboxylic acids is 1. The maximum Gasteiger partial charge on any atom is 0.321 e. The molecule has 0 aliphatic carbocycles. The molecule has 2 amide bonds. The van der Waals surface area contributed by atoms with Crippen molar-refractivity contribution < 1.29 is 14.7 Å². The average molecular weight is 248 g/mol. The Labute approximate surface area is 105 Å². The first kappa shape index (κ1) is 12.4. The molecule has 2 rings (SSSR count).